The Morgan fingerprint density at radius 3 is 1.87 bits per heavy atom. The molecule has 3 aromatic carbocycles. The molecule has 0 radical (unpaired) electrons. The fourth-order valence-corrected chi connectivity index (χ4v) is 3.47. The fourth-order valence-electron chi connectivity index (χ4n) is 3.47. The van der Waals surface area contributed by atoms with Gasteiger partial charge in [0.05, 0.1) is 14.2 Å². The van der Waals surface area contributed by atoms with Gasteiger partial charge in [0.1, 0.15) is 23.1 Å². The van der Waals surface area contributed by atoms with Crippen LogP contribution in [0.4, 0.5) is 10.2 Å². The maximum Gasteiger partial charge on any atom is 0.220 e. The number of aromatic hydroxyl groups is 1. The molecule has 0 amide bonds. The number of nitrogens with zero attached hydrogens (tertiary/aromatic N) is 2. The summed E-state index contributed by atoms with van der Waals surface area (Å²) < 4.78 is 24.1. The highest BCUT2D eigenvalue weighted by Crippen LogP contribution is 2.30. The van der Waals surface area contributed by atoms with Crippen molar-refractivity contribution in [3.8, 4) is 17.4 Å². The lowest BCUT2D eigenvalue weighted by molar-refractivity contribution is 0.414. The highest BCUT2D eigenvalue weighted by atomic mass is 19.1. The minimum Gasteiger partial charge on any atom is -0.497 e. The Labute approximate surface area is 180 Å². The van der Waals surface area contributed by atoms with Crippen molar-refractivity contribution in [2.45, 2.75) is 13.1 Å². The number of benzene rings is 3. The minimum atomic E-state index is -0.411. The van der Waals surface area contributed by atoms with Gasteiger partial charge in [0.15, 0.2) is 0 Å². The van der Waals surface area contributed by atoms with Crippen molar-refractivity contribution >= 4 is 16.6 Å². The van der Waals surface area contributed by atoms with E-state index in [1.54, 1.807) is 20.3 Å². The van der Waals surface area contributed by atoms with E-state index in [4.69, 9.17) is 9.47 Å². The number of aromatic nitrogens is 1. The van der Waals surface area contributed by atoms with Crippen LogP contribution in [0.1, 0.15) is 11.1 Å². The third-order valence-electron chi connectivity index (χ3n) is 5.15. The second-order valence-electron chi connectivity index (χ2n) is 7.22. The molecule has 31 heavy (non-hydrogen) atoms. The number of anilines is 1. The van der Waals surface area contributed by atoms with E-state index in [9.17, 15) is 9.50 Å². The van der Waals surface area contributed by atoms with Crippen molar-refractivity contribution in [2.24, 2.45) is 0 Å². The van der Waals surface area contributed by atoms with Crippen LogP contribution in [0.25, 0.3) is 10.8 Å². The van der Waals surface area contributed by atoms with Crippen LogP contribution in [0, 0.1) is 5.82 Å². The number of rotatable bonds is 7. The molecule has 0 aliphatic carbocycles. The molecule has 4 aromatic rings. The molecule has 0 bridgehead atoms. The molecule has 0 saturated heterocycles. The van der Waals surface area contributed by atoms with Gasteiger partial charge in [0.25, 0.3) is 0 Å². The Morgan fingerprint density at radius 2 is 1.35 bits per heavy atom. The third-order valence-corrected chi connectivity index (χ3v) is 5.15. The van der Waals surface area contributed by atoms with Gasteiger partial charge in [-0.25, -0.2) is 4.39 Å². The van der Waals surface area contributed by atoms with Gasteiger partial charge in [0.2, 0.25) is 5.88 Å². The zero-order valence-corrected chi connectivity index (χ0v) is 17.4. The molecule has 1 N–H and O–H groups in total. The summed E-state index contributed by atoms with van der Waals surface area (Å²) in [4.78, 5) is 6.43. The molecule has 0 unspecified atom stereocenters. The quantitative estimate of drug-likeness (QED) is 0.441. The average molecular weight is 418 g/mol. The first-order chi connectivity index (χ1) is 15.1. The number of fused-ring (bicyclic) bond motifs is 1. The van der Waals surface area contributed by atoms with Crippen molar-refractivity contribution in [1.29, 1.82) is 0 Å². The molecule has 0 spiro atoms. The lowest BCUT2D eigenvalue weighted by Crippen LogP contribution is -2.23. The zero-order valence-electron chi connectivity index (χ0n) is 17.4. The number of ether oxygens (including phenoxy) is 2. The highest BCUT2D eigenvalue weighted by molar-refractivity contribution is 5.89. The van der Waals surface area contributed by atoms with Crippen molar-refractivity contribution in [3.05, 3.63) is 89.7 Å². The van der Waals surface area contributed by atoms with E-state index >= 15 is 0 Å². The molecule has 0 saturated carbocycles. The van der Waals surface area contributed by atoms with E-state index in [-0.39, 0.29) is 5.88 Å². The second kappa shape index (κ2) is 8.92. The Kier molecular flexibility index (Phi) is 5.89. The third kappa shape index (κ3) is 4.69. The van der Waals surface area contributed by atoms with Gasteiger partial charge < -0.3 is 19.5 Å². The van der Waals surface area contributed by atoms with E-state index in [1.807, 2.05) is 54.6 Å². The van der Waals surface area contributed by atoms with Crippen LogP contribution < -0.4 is 14.4 Å². The molecule has 0 aliphatic heterocycles. The lowest BCUT2D eigenvalue weighted by atomic mass is 10.1. The first kappa shape index (κ1) is 20.5. The van der Waals surface area contributed by atoms with Crippen LogP contribution in [0.5, 0.6) is 17.4 Å². The van der Waals surface area contributed by atoms with Gasteiger partial charge in [-0.1, -0.05) is 30.3 Å². The van der Waals surface area contributed by atoms with Gasteiger partial charge >= 0.3 is 0 Å². The second-order valence-corrected chi connectivity index (χ2v) is 7.22. The average Bonchev–Trinajstić information content (AvgIpc) is 2.80. The van der Waals surface area contributed by atoms with E-state index in [1.165, 1.54) is 12.1 Å². The highest BCUT2D eigenvalue weighted by Gasteiger charge is 2.14. The summed E-state index contributed by atoms with van der Waals surface area (Å²) in [7, 11) is 3.27. The van der Waals surface area contributed by atoms with Crippen molar-refractivity contribution in [3.63, 3.8) is 0 Å². The Morgan fingerprint density at radius 1 is 0.806 bits per heavy atom. The van der Waals surface area contributed by atoms with Gasteiger partial charge in [-0.2, -0.15) is 4.98 Å². The number of hydrogen-bond donors (Lipinski definition) is 1. The number of halogens is 1. The standard InChI is InChI=1S/C25H23FN2O3/c1-30-21-9-3-17(4-10-21)15-28(16-18-5-11-22(31-2)12-6-18)24-13-19-7-8-20(26)14-23(19)25(29)27-24/h3-14H,15-16H2,1-2H3,(H,27,29). The summed E-state index contributed by atoms with van der Waals surface area (Å²) in [5.74, 6) is 1.57. The molecule has 1 aromatic heterocycles. The predicted molar refractivity (Wildman–Crippen MR) is 119 cm³/mol. The molecule has 1 heterocycles. The van der Waals surface area contributed by atoms with Crippen molar-refractivity contribution in [2.75, 3.05) is 19.1 Å². The van der Waals surface area contributed by atoms with Gasteiger partial charge in [-0.3, -0.25) is 0 Å². The summed E-state index contributed by atoms with van der Waals surface area (Å²) in [5.41, 5.74) is 2.13. The van der Waals surface area contributed by atoms with Gasteiger partial charge in [-0.05, 0) is 59.0 Å². The molecule has 4 rings (SSSR count). The minimum absolute atomic E-state index is 0.193. The van der Waals surface area contributed by atoms with Crippen LogP contribution in [0.3, 0.4) is 0 Å². The SMILES string of the molecule is COc1ccc(CN(Cc2ccc(OC)cc2)c2cc3ccc(F)cc3c(O)n2)cc1. The molecule has 0 atom stereocenters. The molecular formula is C25H23FN2O3. The summed E-state index contributed by atoms with van der Waals surface area (Å²) in [6.45, 7) is 1.13. The van der Waals surface area contributed by atoms with Crippen LogP contribution in [-0.2, 0) is 13.1 Å². The molecule has 6 heteroatoms. The van der Waals surface area contributed by atoms with E-state index in [0.29, 0.717) is 24.3 Å². The van der Waals surface area contributed by atoms with Gasteiger partial charge in [0, 0.05) is 18.5 Å². The number of methoxy groups -OCH3 is 2. The van der Waals surface area contributed by atoms with Crippen molar-refractivity contribution < 1.29 is 19.0 Å². The number of hydrogen-bond acceptors (Lipinski definition) is 5. The summed E-state index contributed by atoms with van der Waals surface area (Å²) >= 11 is 0. The molecular weight excluding hydrogens is 395 g/mol. The molecule has 5 nitrogen and oxygen atoms in total. The Balaban J connectivity index is 1.71. The van der Waals surface area contributed by atoms with Crippen molar-refractivity contribution in [1.82, 2.24) is 4.98 Å². The summed E-state index contributed by atoms with van der Waals surface area (Å²) in [6, 6.07) is 21.8. The lowest BCUT2D eigenvalue weighted by Gasteiger charge is -2.25. The summed E-state index contributed by atoms with van der Waals surface area (Å²) in [5, 5.41) is 11.6. The largest absolute Gasteiger partial charge is 0.497 e. The fraction of sp³-hybridized carbons (Fsp3) is 0.160. The molecule has 0 fully saturated rings. The zero-order chi connectivity index (χ0) is 21.8. The molecule has 158 valence electrons. The Bertz CT molecular complexity index is 1130. The Hall–Kier alpha value is -3.80. The monoisotopic (exact) mass is 418 g/mol. The first-order valence-electron chi connectivity index (χ1n) is 9.86. The molecule has 0 aliphatic rings. The van der Waals surface area contributed by atoms with E-state index in [0.717, 1.165) is 28.0 Å². The number of pyridine rings is 1. The maximum atomic E-state index is 13.6. The normalized spacial score (nSPS) is 10.8. The van der Waals surface area contributed by atoms with Crippen LogP contribution in [0.2, 0.25) is 0 Å². The first-order valence-corrected chi connectivity index (χ1v) is 9.86. The van der Waals surface area contributed by atoms with Crippen LogP contribution in [-0.4, -0.2) is 24.3 Å². The van der Waals surface area contributed by atoms with Crippen LogP contribution >= 0.6 is 0 Å². The smallest absolute Gasteiger partial charge is 0.220 e. The van der Waals surface area contributed by atoms with Gasteiger partial charge in [-0.15, -0.1) is 0 Å². The van der Waals surface area contributed by atoms with E-state index in [2.05, 4.69) is 9.88 Å². The van der Waals surface area contributed by atoms with Crippen LogP contribution in [0.15, 0.2) is 72.8 Å². The summed E-state index contributed by atoms with van der Waals surface area (Å²) in [6.07, 6.45) is 0. The topological polar surface area (TPSA) is 54.8 Å². The van der Waals surface area contributed by atoms with E-state index < -0.39 is 5.82 Å². The maximum absolute atomic E-state index is 13.6. The predicted octanol–water partition coefficient (Wildman–Crippen LogP) is 5.30.